The Balaban J connectivity index is 1.75. The Morgan fingerprint density at radius 2 is 1.72 bits per heavy atom. The highest BCUT2D eigenvalue weighted by Crippen LogP contribution is 2.33. The SMILES string of the molecule is CC(C)NC(=O)CN1C(=O)CN(C(=O)NCc2ccc(F)cc2)c2ccccc21. The van der Waals surface area contributed by atoms with Crippen LogP contribution in [0.2, 0.25) is 0 Å². The van der Waals surface area contributed by atoms with E-state index in [4.69, 9.17) is 0 Å². The fourth-order valence-electron chi connectivity index (χ4n) is 3.10. The zero-order valence-corrected chi connectivity index (χ0v) is 16.3. The van der Waals surface area contributed by atoms with Crippen molar-refractivity contribution in [1.29, 1.82) is 0 Å². The zero-order chi connectivity index (χ0) is 21.0. The van der Waals surface area contributed by atoms with Crippen molar-refractivity contribution in [1.82, 2.24) is 10.6 Å². The van der Waals surface area contributed by atoms with Gasteiger partial charge in [0.1, 0.15) is 18.9 Å². The summed E-state index contributed by atoms with van der Waals surface area (Å²) in [6.07, 6.45) is 0. The summed E-state index contributed by atoms with van der Waals surface area (Å²) in [5.41, 5.74) is 1.78. The van der Waals surface area contributed by atoms with E-state index in [1.165, 1.54) is 21.9 Å². The molecule has 152 valence electrons. The average molecular weight is 398 g/mol. The van der Waals surface area contributed by atoms with Gasteiger partial charge in [-0.1, -0.05) is 24.3 Å². The molecule has 4 amide bonds. The quantitative estimate of drug-likeness (QED) is 0.812. The van der Waals surface area contributed by atoms with Crippen LogP contribution in [0, 0.1) is 5.82 Å². The number of fused-ring (bicyclic) bond motifs is 1. The number of carbonyl (C=O) groups is 3. The third kappa shape index (κ3) is 4.90. The average Bonchev–Trinajstić information content (AvgIpc) is 2.68. The maximum absolute atomic E-state index is 13.0. The number of nitrogens with one attached hydrogen (secondary N) is 2. The van der Waals surface area contributed by atoms with Crippen molar-refractivity contribution in [3.63, 3.8) is 0 Å². The van der Waals surface area contributed by atoms with Gasteiger partial charge >= 0.3 is 6.03 Å². The van der Waals surface area contributed by atoms with Gasteiger partial charge in [-0.3, -0.25) is 19.4 Å². The summed E-state index contributed by atoms with van der Waals surface area (Å²) >= 11 is 0. The first-order valence-electron chi connectivity index (χ1n) is 9.33. The highest BCUT2D eigenvalue weighted by Gasteiger charge is 2.33. The lowest BCUT2D eigenvalue weighted by atomic mass is 10.1. The van der Waals surface area contributed by atoms with E-state index in [-0.39, 0.29) is 43.3 Å². The second-order valence-electron chi connectivity index (χ2n) is 7.06. The van der Waals surface area contributed by atoms with E-state index in [9.17, 15) is 18.8 Å². The van der Waals surface area contributed by atoms with Gasteiger partial charge in [-0.05, 0) is 43.7 Å². The Morgan fingerprint density at radius 3 is 2.38 bits per heavy atom. The molecule has 29 heavy (non-hydrogen) atoms. The minimum Gasteiger partial charge on any atom is -0.352 e. The molecule has 3 rings (SSSR count). The highest BCUT2D eigenvalue weighted by molar-refractivity contribution is 6.12. The molecule has 0 saturated carbocycles. The first-order chi connectivity index (χ1) is 13.8. The highest BCUT2D eigenvalue weighted by atomic mass is 19.1. The fraction of sp³-hybridized carbons (Fsp3) is 0.286. The van der Waals surface area contributed by atoms with Crippen molar-refractivity contribution in [2.24, 2.45) is 0 Å². The number of hydrogen-bond acceptors (Lipinski definition) is 3. The molecule has 8 heteroatoms. The molecule has 1 aliphatic rings. The van der Waals surface area contributed by atoms with E-state index in [0.29, 0.717) is 11.4 Å². The monoisotopic (exact) mass is 398 g/mol. The van der Waals surface area contributed by atoms with Crippen LogP contribution in [0.15, 0.2) is 48.5 Å². The Hall–Kier alpha value is -3.42. The Labute approximate surface area is 168 Å². The van der Waals surface area contributed by atoms with Crippen molar-refractivity contribution >= 4 is 29.2 Å². The molecule has 0 fully saturated rings. The molecule has 1 heterocycles. The van der Waals surface area contributed by atoms with E-state index < -0.39 is 6.03 Å². The lowest BCUT2D eigenvalue weighted by Gasteiger charge is -2.35. The third-order valence-electron chi connectivity index (χ3n) is 4.41. The number of urea groups is 1. The van der Waals surface area contributed by atoms with Gasteiger partial charge < -0.3 is 10.6 Å². The van der Waals surface area contributed by atoms with Gasteiger partial charge in [0.05, 0.1) is 11.4 Å². The van der Waals surface area contributed by atoms with Crippen molar-refractivity contribution in [3.05, 3.63) is 59.9 Å². The molecule has 0 radical (unpaired) electrons. The molecule has 0 bridgehead atoms. The summed E-state index contributed by atoms with van der Waals surface area (Å²) in [4.78, 5) is 40.3. The third-order valence-corrected chi connectivity index (χ3v) is 4.41. The lowest BCUT2D eigenvalue weighted by molar-refractivity contribution is -0.123. The topological polar surface area (TPSA) is 81.8 Å². The predicted molar refractivity (Wildman–Crippen MR) is 108 cm³/mol. The molecular formula is C21H23FN4O3. The van der Waals surface area contributed by atoms with Gasteiger partial charge in [0.15, 0.2) is 0 Å². The maximum Gasteiger partial charge on any atom is 0.322 e. The molecule has 0 aromatic heterocycles. The fourth-order valence-corrected chi connectivity index (χ4v) is 3.10. The predicted octanol–water partition coefficient (Wildman–Crippen LogP) is 2.41. The van der Waals surface area contributed by atoms with Gasteiger partial charge in [0.2, 0.25) is 11.8 Å². The number of rotatable bonds is 5. The van der Waals surface area contributed by atoms with Crippen LogP contribution in [-0.2, 0) is 16.1 Å². The zero-order valence-electron chi connectivity index (χ0n) is 16.3. The Kier molecular flexibility index (Phi) is 6.11. The van der Waals surface area contributed by atoms with Crippen LogP contribution in [0.1, 0.15) is 19.4 Å². The van der Waals surface area contributed by atoms with Crippen molar-refractivity contribution in [2.45, 2.75) is 26.4 Å². The van der Waals surface area contributed by atoms with Crippen molar-refractivity contribution in [3.8, 4) is 0 Å². The first-order valence-corrected chi connectivity index (χ1v) is 9.33. The molecular weight excluding hydrogens is 375 g/mol. The maximum atomic E-state index is 13.0. The van der Waals surface area contributed by atoms with Crippen molar-refractivity contribution in [2.75, 3.05) is 22.9 Å². The number of nitrogens with zero attached hydrogens (tertiary/aromatic N) is 2. The number of carbonyl (C=O) groups excluding carboxylic acids is 3. The van der Waals surface area contributed by atoms with Crippen LogP contribution in [0.4, 0.5) is 20.6 Å². The first kappa shape index (κ1) is 20.3. The summed E-state index contributed by atoms with van der Waals surface area (Å²) < 4.78 is 13.0. The number of hydrogen-bond donors (Lipinski definition) is 2. The molecule has 2 aromatic rings. The molecule has 0 atom stereocenters. The summed E-state index contributed by atoms with van der Waals surface area (Å²) in [7, 11) is 0. The van der Waals surface area contributed by atoms with Crippen molar-refractivity contribution < 1.29 is 18.8 Å². The van der Waals surface area contributed by atoms with Crippen LogP contribution in [0.25, 0.3) is 0 Å². The summed E-state index contributed by atoms with van der Waals surface area (Å²) in [5.74, 6) is -0.964. The van der Waals surface area contributed by atoms with E-state index in [0.717, 1.165) is 5.56 Å². The van der Waals surface area contributed by atoms with Gasteiger partial charge in [0, 0.05) is 12.6 Å². The molecule has 1 aliphatic heterocycles. The summed E-state index contributed by atoms with van der Waals surface area (Å²) in [6.45, 7) is 3.60. The standard InChI is InChI=1S/C21H23FN4O3/c1-14(2)24-19(27)12-25-17-5-3-4-6-18(17)26(13-20(25)28)21(29)23-11-15-7-9-16(22)10-8-15/h3-10,14H,11-13H2,1-2H3,(H,23,29)(H,24,27). The largest absolute Gasteiger partial charge is 0.352 e. The Morgan fingerprint density at radius 1 is 1.07 bits per heavy atom. The second kappa shape index (κ2) is 8.72. The molecule has 0 aliphatic carbocycles. The summed E-state index contributed by atoms with van der Waals surface area (Å²) in [5, 5.41) is 5.51. The molecule has 0 unspecified atom stereocenters. The minimum absolute atomic E-state index is 0.0358. The van der Waals surface area contributed by atoms with E-state index in [1.807, 2.05) is 13.8 Å². The normalized spacial score (nSPS) is 13.3. The number of amides is 4. The summed E-state index contributed by atoms with van der Waals surface area (Å²) in [6, 6.07) is 12.3. The van der Waals surface area contributed by atoms with E-state index in [2.05, 4.69) is 10.6 Å². The lowest BCUT2D eigenvalue weighted by Crippen LogP contribution is -2.53. The van der Waals surface area contributed by atoms with E-state index in [1.54, 1.807) is 36.4 Å². The van der Waals surface area contributed by atoms with Gasteiger partial charge in [0.25, 0.3) is 0 Å². The molecule has 0 saturated heterocycles. The van der Waals surface area contributed by atoms with Gasteiger partial charge in [-0.15, -0.1) is 0 Å². The Bertz CT molecular complexity index is 914. The van der Waals surface area contributed by atoms with Crippen LogP contribution in [-0.4, -0.2) is 37.0 Å². The smallest absolute Gasteiger partial charge is 0.322 e. The molecule has 2 N–H and O–H groups in total. The number of benzene rings is 2. The van der Waals surface area contributed by atoms with Crippen LogP contribution >= 0.6 is 0 Å². The van der Waals surface area contributed by atoms with Crippen LogP contribution < -0.4 is 20.4 Å². The van der Waals surface area contributed by atoms with Gasteiger partial charge in [-0.2, -0.15) is 0 Å². The number of para-hydroxylation sites is 2. The van der Waals surface area contributed by atoms with Gasteiger partial charge in [-0.25, -0.2) is 9.18 Å². The molecule has 7 nitrogen and oxygen atoms in total. The molecule has 0 spiro atoms. The number of halogens is 1. The second-order valence-corrected chi connectivity index (χ2v) is 7.06. The van der Waals surface area contributed by atoms with Crippen LogP contribution in [0.5, 0.6) is 0 Å². The van der Waals surface area contributed by atoms with E-state index >= 15 is 0 Å². The van der Waals surface area contributed by atoms with Crippen LogP contribution in [0.3, 0.4) is 0 Å². The minimum atomic E-state index is -0.443. The molecule has 2 aromatic carbocycles. The number of anilines is 2.